The van der Waals surface area contributed by atoms with Gasteiger partial charge in [-0.3, -0.25) is 4.52 Å². The van der Waals surface area contributed by atoms with Crippen LogP contribution in [0.5, 0.6) is 0 Å². The number of phosphoric ester groups is 1. The van der Waals surface area contributed by atoms with Gasteiger partial charge in [-0.2, -0.15) is 20.0 Å². The number of hydrogen-bond donors (Lipinski definition) is 5. The zero-order valence-electron chi connectivity index (χ0n) is 21.5. The van der Waals surface area contributed by atoms with Crippen LogP contribution in [0.25, 0.3) is 5.65 Å². The summed E-state index contributed by atoms with van der Waals surface area (Å²) >= 11 is 6.79. The molecule has 1 aliphatic carbocycles. The number of nitrogens with one attached hydrogen (secondary N) is 2. The second-order valence-corrected chi connectivity index (χ2v) is 11.2. The Morgan fingerprint density at radius 1 is 1.27 bits per heavy atom. The molecule has 1 saturated carbocycles. The number of rotatable bonds is 8. The molecule has 0 spiro atoms. The van der Waals surface area contributed by atoms with Crippen LogP contribution in [0.3, 0.4) is 0 Å². The fourth-order valence-electron chi connectivity index (χ4n) is 4.63. The number of amides is 1. The topological polar surface area (TPSA) is 225 Å². The van der Waals surface area contributed by atoms with Crippen LogP contribution in [0.1, 0.15) is 30.5 Å². The Labute approximate surface area is 238 Å². The van der Waals surface area contributed by atoms with Gasteiger partial charge in [0.05, 0.1) is 40.3 Å². The third-order valence-corrected chi connectivity index (χ3v) is 7.70. The van der Waals surface area contributed by atoms with Gasteiger partial charge in [-0.15, -0.1) is 5.10 Å². The van der Waals surface area contributed by atoms with Crippen LogP contribution in [0.4, 0.5) is 27.9 Å². The molecule has 3 heterocycles. The normalized spacial score (nSPS) is 18.9. The zero-order valence-corrected chi connectivity index (χ0v) is 23.1. The van der Waals surface area contributed by atoms with Crippen LogP contribution in [0, 0.1) is 22.7 Å². The number of nitriles is 2. The standard InChI is InChI=1S/C23H24ClN10O6P/c1-32(23(35)36)16-4-5-33(11-18(16)40-41(37,38)39)17-7-12(8-25)6-15(19(17)24)29-22-30-20(28-13-2-3-13)21-27-10-14(9-26)34(21)31-22/h6-7,10,13,16,18H,2-5,11H2,1H3,(H,35,36)(H2,37,38,39)(H2,28,29,30,31)/t16-,18-/m0/s1. The average Bonchev–Trinajstić information content (AvgIpc) is 3.64. The number of anilines is 4. The lowest BCUT2D eigenvalue weighted by atomic mass is 9.99. The van der Waals surface area contributed by atoms with E-state index in [1.807, 2.05) is 6.07 Å². The molecule has 2 fully saturated rings. The van der Waals surface area contributed by atoms with Crippen LogP contribution in [0.15, 0.2) is 18.3 Å². The molecule has 0 radical (unpaired) electrons. The fraction of sp³-hybridized carbons (Fsp3) is 0.391. The summed E-state index contributed by atoms with van der Waals surface area (Å²) in [6, 6.07) is 6.48. The molecule has 2 atom stereocenters. The molecule has 0 bridgehead atoms. The summed E-state index contributed by atoms with van der Waals surface area (Å²) in [6.45, 7) is 0.121. The minimum Gasteiger partial charge on any atom is -0.465 e. The molecule has 2 aromatic heterocycles. The molecule has 0 unspecified atom stereocenters. The average molecular weight is 603 g/mol. The molecule has 214 valence electrons. The minimum absolute atomic E-state index is 0.0718. The Hall–Kier alpha value is -4.18. The number of likely N-dealkylation sites (N-methyl/N-ethyl adjacent to an activating group) is 1. The molecule has 16 nitrogen and oxygen atoms in total. The number of nitrogens with zero attached hydrogens (tertiary/aromatic N) is 8. The highest BCUT2D eigenvalue weighted by atomic mass is 35.5. The van der Waals surface area contributed by atoms with E-state index in [0.29, 0.717) is 17.2 Å². The maximum absolute atomic E-state index is 11.7. The first-order valence-corrected chi connectivity index (χ1v) is 14.3. The molecule has 1 saturated heterocycles. The third-order valence-electron chi connectivity index (χ3n) is 6.76. The molecule has 3 aromatic rings. The van der Waals surface area contributed by atoms with Crippen molar-refractivity contribution in [3.63, 3.8) is 0 Å². The number of phosphoric acid groups is 1. The van der Waals surface area contributed by atoms with E-state index in [9.17, 15) is 34.8 Å². The van der Waals surface area contributed by atoms with Crippen molar-refractivity contribution >= 4 is 54.3 Å². The van der Waals surface area contributed by atoms with E-state index in [-0.39, 0.29) is 53.5 Å². The number of benzene rings is 1. The van der Waals surface area contributed by atoms with E-state index in [0.717, 1.165) is 17.7 Å². The Morgan fingerprint density at radius 2 is 2.02 bits per heavy atom. The Balaban J connectivity index is 1.49. The predicted octanol–water partition coefficient (Wildman–Crippen LogP) is 2.51. The van der Waals surface area contributed by atoms with Gasteiger partial charge in [0, 0.05) is 26.2 Å². The Bertz CT molecular complexity index is 1640. The van der Waals surface area contributed by atoms with Gasteiger partial charge in [-0.25, -0.2) is 14.3 Å². The maximum atomic E-state index is 11.7. The van der Waals surface area contributed by atoms with E-state index < -0.39 is 26.1 Å². The number of halogens is 1. The predicted molar refractivity (Wildman–Crippen MR) is 145 cm³/mol. The molecule has 1 aromatic carbocycles. The van der Waals surface area contributed by atoms with Gasteiger partial charge in [-0.05, 0) is 31.4 Å². The van der Waals surface area contributed by atoms with Gasteiger partial charge < -0.3 is 35.3 Å². The van der Waals surface area contributed by atoms with Crippen LogP contribution in [-0.2, 0) is 9.09 Å². The van der Waals surface area contributed by atoms with Crippen molar-refractivity contribution in [1.29, 1.82) is 10.5 Å². The van der Waals surface area contributed by atoms with Crippen LogP contribution in [-0.4, -0.2) is 83.8 Å². The lowest BCUT2D eigenvalue weighted by molar-refractivity contribution is 0.0441. The largest absolute Gasteiger partial charge is 0.469 e. The highest BCUT2D eigenvalue weighted by Gasteiger charge is 2.39. The number of carboxylic acid groups (broad SMARTS) is 1. The van der Waals surface area contributed by atoms with E-state index in [1.165, 1.54) is 29.9 Å². The summed E-state index contributed by atoms with van der Waals surface area (Å²) in [5.41, 5.74) is 1.38. The first-order chi connectivity index (χ1) is 19.5. The molecule has 18 heteroatoms. The fourth-order valence-corrected chi connectivity index (χ4v) is 5.47. The second-order valence-electron chi connectivity index (χ2n) is 9.62. The van der Waals surface area contributed by atoms with Gasteiger partial charge in [0.1, 0.15) is 12.2 Å². The van der Waals surface area contributed by atoms with Crippen LogP contribution < -0.4 is 15.5 Å². The lowest BCUT2D eigenvalue weighted by Gasteiger charge is -2.42. The van der Waals surface area contributed by atoms with Crippen LogP contribution in [0.2, 0.25) is 5.02 Å². The highest BCUT2D eigenvalue weighted by molar-refractivity contribution is 7.46. The number of hydrogen-bond acceptors (Lipinski definition) is 11. The lowest BCUT2D eigenvalue weighted by Crippen LogP contribution is -2.55. The minimum atomic E-state index is -4.97. The summed E-state index contributed by atoms with van der Waals surface area (Å²) in [5.74, 6) is 0.490. The summed E-state index contributed by atoms with van der Waals surface area (Å²) < 4.78 is 18.0. The van der Waals surface area contributed by atoms with Gasteiger partial charge in [0.25, 0.3) is 0 Å². The number of carbonyl (C=O) groups is 1. The monoisotopic (exact) mass is 602 g/mol. The van der Waals surface area contributed by atoms with Crippen LogP contribution >= 0.6 is 19.4 Å². The number of piperidine rings is 1. The summed E-state index contributed by atoms with van der Waals surface area (Å²) in [6.07, 6.45) is 1.01. The smallest absolute Gasteiger partial charge is 0.465 e. The van der Waals surface area contributed by atoms with Gasteiger partial charge in [0.2, 0.25) is 5.95 Å². The van der Waals surface area contributed by atoms with Gasteiger partial charge >= 0.3 is 13.9 Å². The molecular formula is C23H24ClN10O6P. The molecule has 5 rings (SSSR count). The maximum Gasteiger partial charge on any atom is 0.469 e. The van der Waals surface area contributed by atoms with E-state index in [1.54, 1.807) is 4.90 Å². The Kier molecular flexibility index (Phi) is 7.61. The van der Waals surface area contributed by atoms with Crippen molar-refractivity contribution in [2.24, 2.45) is 0 Å². The quantitative estimate of drug-likeness (QED) is 0.233. The number of fused-ring (bicyclic) bond motifs is 1. The molecular weight excluding hydrogens is 579 g/mol. The molecule has 1 amide bonds. The van der Waals surface area contributed by atoms with Crippen molar-refractivity contribution in [3.05, 3.63) is 34.6 Å². The molecule has 41 heavy (non-hydrogen) atoms. The first-order valence-electron chi connectivity index (χ1n) is 12.3. The Morgan fingerprint density at radius 3 is 2.66 bits per heavy atom. The van der Waals surface area contributed by atoms with E-state index in [4.69, 9.17) is 16.1 Å². The van der Waals surface area contributed by atoms with Gasteiger partial charge in [-0.1, -0.05) is 11.6 Å². The molecule has 5 N–H and O–H groups in total. The number of aromatic nitrogens is 4. The summed E-state index contributed by atoms with van der Waals surface area (Å²) in [4.78, 5) is 41.9. The highest BCUT2D eigenvalue weighted by Crippen LogP contribution is 2.42. The SMILES string of the molecule is CN(C(=O)O)[C@H]1CCN(c2cc(C#N)cc(Nc3nc(NC4CC4)c4ncc(C#N)n4n3)c2Cl)C[C@@H]1OP(=O)(O)O. The van der Waals surface area contributed by atoms with Crippen molar-refractivity contribution in [3.8, 4) is 12.1 Å². The van der Waals surface area contributed by atoms with E-state index in [2.05, 4.69) is 31.8 Å². The number of imidazole rings is 1. The molecule has 2 aliphatic rings. The summed E-state index contributed by atoms with van der Waals surface area (Å²) in [7, 11) is -3.67. The first kappa shape index (κ1) is 28.4. The zero-order chi connectivity index (χ0) is 29.5. The van der Waals surface area contributed by atoms with Gasteiger partial charge in [0.15, 0.2) is 17.2 Å². The summed E-state index contributed by atoms with van der Waals surface area (Å²) in [5, 5.41) is 39.5. The van der Waals surface area contributed by atoms with Crippen molar-refractivity contribution in [2.75, 3.05) is 35.7 Å². The molecule has 1 aliphatic heterocycles. The van der Waals surface area contributed by atoms with Crippen molar-refractivity contribution in [2.45, 2.75) is 37.5 Å². The third kappa shape index (κ3) is 6.12. The second kappa shape index (κ2) is 11.0. The van der Waals surface area contributed by atoms with Crippen molar-refractivity contribution in [1.82, 2.24) is 24.5 Å². The van der Waals surface area contributed by atoms with E-state index >= 15 is 0 Å². The van der Waals surface area contributed by atoms with Crippen molar-refractivity contribution < 1.29 is 28.8 Å².